The van der Waals surface area contributed by atoms with Gasteiger partial charge in [0.2, 0.25) is 0 Å². The molecule has 1 aliphatic heterocycles. The highest BCUT2D eigenvalue weighted by Gasteiger charge is 2.35. The molecule has 0 fully saturated rings. The van der Waals surface area contributed by atoms with Gasteiger partial charge in [-0.1, -0.05) is 54.1 Å². The van der Waals surface area contributed by atoms with E-state index in [1.165, 1.54) is 23.3 Å². The van der Waals surface area contributed by atoms with E-state index in [9.17, 15) is 18.0 Å². The van der Waals surface area contributed by atoms with Crippen LogP contribution in [0.3, 0.4) is 0 Å². The van der Waals surface area contributed by atoms with Crippen molar-refractivity contribution in [3.63, 3.8) is 0 Å². The third-order valence-corrected chi connectivity index (χ3v) is 7.75. The molecule has 1 N–H and O–H groups in total. The summed E-state index contributed by atoms with van der Waals surface area (Å²) in [5, 5.41) is 3.48. The first kappa shape index (κ1) is 26.2. The Balaban J connectivity index is 1.39. The minimum atomic E-state index is -4.51. The number of anilines is 3. The Morgan fingerprint density at radius 2 is 1.70 bits per heavy atom. The predicted molar refractivity (Wildman–Crippen MR) is 151 cm³/mol. The lowest BCUT2D eigenvalue weighted by atomic mass is 10.1. The molecule has 4 aromatic rings. The van der Waals surface area contributed by atoms with Crippen molar-refractivity contribution in [2.75, 3.05) is 28.2 Å². The van der Waals surface area contributed by atoms with Crippen LogP contribution >= 0.6 is 11.6 Å². The van der Waals surface area contributed by atoms with Crippen LogP contribution in [0.25, 0.3) is 0 Å². The number of benzene rings is 3. The summed E-state index contributed by atoms with van der Waals surface area (Å²) < 4.78 is 41.4. The van der Waals surface area contributed by atoms with Gasteiger partial charge in [0.05, 0.1) is 23.1 Å². The third-order valence-electron chi connectivity index (χ3n) is 7.51. The Kier molecular flexibility index (Phi) is 6.88. The molecule has 0 atom stereocenters. The number of halogens is 4. The van der Waals surface area contributed by atoms with Gasteiger partial charge in [0, 0.05) is 36.3 Å². The van der Waals surface area contributed by atoms with Gasteiger partial charge in [-0.2, -0.15) is 13.2 Å². The van der Waals surface area contributed by atoms with Crippen LogP contribution < -0.4 is 15.1 Å². The lowest BCUT2D eigenvalue weighted by Crippen LogP contribution is -2.42. The van der Waals surface area contributed by atoms with Gasteiger partial charge in [-0.25, -0.2) is 4.98 Å². The van der Waals surface area contributed by atoms with E-state index in [2.05, 4.69) is 22.4 Å². The van der Waals surface area contributed by atoms with Crippen molar-refractivity contribution in [1.82, 2.24) is 4.98 Å². The molecular weight excluding hydrogens is 537 g/mol. The van der Waals surface area contributed by atoms with Gasteiger partial charge in [-0.05, 0) is 65.9 Å². The van der Waals surface area contributed by atoms with Crippen molar-refractivity contribution in [3.05, 3.63) is 118 Å². The first-order valence-corrected chi connectivity index (χ1v) is 13.5. The SMILES string of the molecule is O=C(c1ccccc1)N(c1cnc2c(c1)N(Cc1cc(Cl)ccc1C(F)(F)F)CCN2)C1Cc2ccccc2C1. The van der Waals surface area contributed by atoms with E-state index in [4.69, 9.17) is 11.6 Å². The van der Waals surface area contributed by atoms with Crippen LogP contribution in [0.2, 0.25) is 5.02 Å². The van der Waals surface area contributed by atoms with E-state index >= 15 is 0 Å². The molecule has 9 heteroatoms. The normalized spacial score (nSPS) is 14.8. The second kappa shape index (κ2) is 10.5. The Hall–Kier alpha value is -4.04. The number of amides is 1. The predicted octanol–water partition coefficient (Wildman–Crippen LogP) is 7.00. The van der Waals surface area contributed by atoms with Gasteiger partial charge in [-0.15, -0.1) is 0 Å². The van der Waals surface area contributed by atoms with Crippen molar-refractivity contribution in [3.8, 4) is 0 Å². The van der Waals surface area contributed by atoms with Crippen molar-refractivity contribution < 1.29 is 18.0 Å². The van der Waals surface area contributed by atoms with E-state index in [1.54, 1.807) is 23.2 Å². The summed E-state index contributed by atoms with van der Waals surface area (Å²) in [5.74, 6) is 0.414. The van der Waals surface area contributed by atoms with Crippen molar-refractivity contribution in [1.29, 1.82) is 0 Å². The largest absolute Gasteiger partial charge is 0.416 e. The van der Waals surface area contributed by atoms with E-state index in [0.29, 0.717) is 48.7 Å². The lowest BCUT2D eigenvalue weighted by molar-refractivity contribution is -0.138. The summed E-state index contributed by atoms with van der Waals surface area (Å²) in [4.78, 5) is 22.2. The monoisotopic (exact) mass is 562 g/mol. The number of hydrogen-bond acceptors (Lipinski definition) is 4. The second-order valence-electron chi connectivity index (χ2n) is 10.1. The standard InChI is InChI=1S/C31H26ClF3N4O/c32-24-10-11-27(31(33,34)35)23(14-24)19-38-13-12-36-29-28(38)17-26(18-37-29)39(30(40)20-6-2-1-3-7-20)25-15-21-8-4-5-9-22(21)16-25/h1-11,14,17-18,25H,12-13,15-16,19H2,(H,36,37). The molecule has 6 rings (SSSR count). The quantitative estimate of drug-likeness (QED) is 0.284. The summed E-state index contributed by atoms with van der Waals surface area (Å²) in [6, 6.07) is 22.6. The first-order chi connectivity index (χ1) is 19.3. The molecule has 2 aliphatic rings. The number of carbonyl (C=O) groups is 1. The maximum absolute atomic E-state index is 13.9. The second-order valence-corrected chi connectivity index (χ2v) is 10.5. The van der Waals surface area contributed by atoms with Gasteiger partial charge in [0.15, 0.2) is 0 Å². The van der Waals surface area contributed by atoms with Gasteiger partial charge in [0.25, 0.3) is 5.91 Å². The van der Waals surface area contributed by atoms with Crippen LogP contribution in [-0.2, 0) is 25.6 Å². The molecule has 1 amide bonds. The van der Waals surface area contributed by atoms with E-state index in [-0.39, 0.29) is 29.1 Å². The van der Waals surface area contributed by atoms with Gasteiger partial charge in [0.1, 0.15) is 5.82 Å². The lowest BCUT2D eigenvalue weighted by Gasteiger charge is -2.34. The van der Waals surface area contributed by atoms with Gasteiger partial charge in [-0.3, -0.25) is 4.79 Å². The van der Waals surface area contributed by atoms with Gasteiger partial charge < -0.3 is 15.1 Å². The highest BCUT2D eigenvalue weighted by atomic mass is 35.5. The fourth-order valence-electron chi connectivity index (χ4n) is 5.65. The Bertz CT molecular complexity index is 1540. The third kappa shape index (κ3) is 5.11. The molecule has 204 valence electrons. The Morgan fingerprint density at radius 1 is 1.00 bits per heavy atom. The molecule has 0 radical (unpaired) electrons. The number of rotatable bonds is 5. The fourth-order valence-corrected chi connectivity index (χ4v) is 5.85. The molecular formula is C31H26ClF3N4O. The molecule has 3 aromatic carbocycles. The summed E-state index contributed by atoms with van der Waals surface area (Å²) in [5.41, 5.74) is 3.56. The van der Waals surface area contributed by atoms with Crippen molar-refractivity contribution in [2.45, 2.75) is 31.6 Å². The molecule has 0 bridgehead atoms. The topological polar surface area (TPSA) is 48.5 Å². The zero-order valence-corrected chi connectivity index (χ0v) is 22.2. The Labute approximate surface area is 235 Å². The summed E-state index contributed by atoms with van der Waals surface area (Å²) in [7, 11) is 0. The summed E-state index contributed by atoms with van der Waals surface area (Å²) >= 11 is 6.10. The van der Waals surface area contributed by atoms with Crippen molar-refractivity contribution in [2.24, 2.45) is 0 Å². The minimum Gasteiger partial charge on any atom is -0.367 e. The minimum absolute atomic E-state index is 0.00326. The van der Waals surface area contributed by atoms with E-state index in [0.717, 1.165) is 6.07 Å². The van der Waals surface area contributed by atoms with Crippen molar-refractivity contribution >= 4 is 34.7 Å². The van der Waals surface area contributed by atoms with Crippen LogP contribution in [0.5, 0.6) is 0 Å². The average Bonchev–Trinajstić information content (AvgIpc) is 3.37. The first-order valence-electron chi connectivity index (χ1n) is 13.1. The molecule has 0 unspecified atom stereocenters. The zero-order chi connectivity index (χ0) is 27.9. The number of alkyl halides is 3. The van der Waals surface area contributed by atoms with Gasteiger partial charge >= 0.3 is 6.18 Å². The number of nitrogens with one attached hydrogen (secondary N) is 1. The molecule has 0 saturated carbocycles. The van der Waals surface area contributed by atoms with E-state index in [1.807, 2.05) is 41.3 Å². The fraction of sp³-hybridized carbons (Fsp3) is 0.226. The maximum atomic E-state index is 13.9. The van der Waals surface area contributed by atoms with Crippen LogP contribution in [0.4, 0.5) is 30.4 Å². The number of fused-ring (bicyclic) bond motifs is 2. The number of carbonyl (C=O) groups excluding carboxylic acids is 1. The Morgan fingerprint density at radius 3 is 2.40 bits per heavy atom. The maximum Gasteiger partial charge on any atom is 0.416 e. The number of aromatic nitrogens is 1. The number of pyridine rings is 1. The zero-order valence-electron chi connectivity index (χ0n) is 21.5. The number of hydrogen-bond donors (Lipinski definition) is 1. The van der Waals surface area contributed by atoms with Crippen LogP contribution in [0.1, 0.15) is 32.6 Å². The molecule has 2 heterocycles. The van der Waals surface area contributed by atoms with Crippen LogP contribution in [0.15, 0.2) is 85.1 Å². The molecule has 40 heavy (non-hydrogen) atoms. The van der Waals surface area contributed by atoms with Crippen LogP contribution in [0, 0.1) is 0 Å². The molecule has 0 spiro atoms. The highest BCUT2D eigenvalue weighted by Crippen LogP contribution is 2.38. The van der Waals surface area contributed by atoms with Crippen LogP contribution in [-0.4, -0.2) is 30.0 Å². The molecule has 1 aromatic heterocycles. The average molecular weight is 563 g/mol. The smallest absolute Gasteiger partial charge is 0.367 e. The molecule has 1 aliphatic carbocycles. The summed E-state index contributed by atoms with van der Waals surface area (Å²) in [6.45, 7) is 0.978. The number of nitrogens with zero attached hydrogens (tertiary/aromatic N) is 3. The molecule has 5 nitrogen and oxygen atoms in total. The molecule has 0 saturated heterocycles. The summed E-state index contributed by atoms with van der Waals surface area (Å²) in [6.07, 6.45) is -1.44. The highest BCUT2D eigenvalue weighted by molar-refractivity contribution is 6.30. The van der Waals surface area contributed by atoms with E-state index < -0.39 is 11.7 Å².